The molecule has 0 saturated carbocycles. The van der Waals surface area contributed by atoms with Gasteiger partial charge in [0.15, 0.2) is 0 Å². The summed E-state index contributed by atoms with van der Waals surface area (Å²) in [5.41, 5.74) is 4.59. The third-order valence-electron chi connectivity index (χ3n) is 3.51. The summed E-state index contributed by atoms with van der Waals surface area (Å²) in [5, 5.41) is 6.78. The van der Waals surface area contributed by atoms with Crippen LogP contribution in [0, 0.1) is 0 Å². The van der Waals surface area contributed by atoms with Gasteiger partial charge in [0.25, 0.3) is 0 Å². The van der Waals surface area contributed by atoms with Gasteiger partial charge in [-0.1, -0.05) is 55.3 Å². The molecule has 0 aliphatic heterocycles. The molecule has 130 valence electrons. The maximum absolute atomic E-state index is 11.9. The highest BCUT2D eigenvalue weighted by atomic mass is 35.5. The Morgan fingerprint density at radius 2 is 1.80 bits per heavy atom. The fourth-order valence-corrected chi connectivity index (χ4v) is 2.30. The number of hydrogen-bond donors (Lipinski definition) is 2. The van der Waals surface area contributed by atoms with Crippen molar-refractivity contribution in [1.29, 1.82) is 0 Å². The van der Waals surface area contributed by atoms with Gasteiger partial charge in [-0.3, -0.25) is 9.59 Å². The molecule has 25 heavy (non-hydrogen) atoms. The first-order valence-electron chi connectivity index (χ1n) is 8.08. The molecule has 0 atom stereocenters. The number of hydrazone groups is 1. The Morgan fingerprint density at radius 1 is 1.08 bits per heavy atom. The molecular formula is C19H20ClN3O2. The van der Waals surface area contributed by atoms with Crippen molar-refractivity contribution in [2.24, 2.45) is 5.10 Å². The van der Waals surface area contributed by atoms with E-state index in [2.05, 4.69) is 22.8 Å². The van der Waals surface area contributed by atoms with E-state index in [9.17, 15) is 9.59 Å². The third-order valence-corrected chi connectivity index (χ3v) is 3.86. The predicted octanol–water partition coefficient (Wildman–Crippen LogP) is 3.77. The van der Waals surface area contributed by atoms with E-state index in [-0.39, 0.29) is 0 Å². The zero-order valence-electron chi connectivity index (χ0n) is 14.0. The zero-order chi connectivity index (χ0) is 18.1. The van der Waals surface area contributed by atoms with Crippen LogP contribution in [0.15, 0.2) is 53.6 Å². The fourth-order valence-electron chi connectivity index (χ4n) is 2.11. The Bertz CT molecular complexity index is 758. The Labute approximate surface area is 152 Å². The molecule has 0 radical (unpaired) electrons. The summed E-state index contributed by atoms with van der Waals surface area (Å²) >= 11 is 5.97. The smallest absolute Gasteiger partial charge is 0.318 e. The molecule has 0 spiro atoms. The van der Waals surface area contributed by atoms with E-state index < -0.39 is 11.8 Å². The highest BCUT2D eigenvalue weighted by Crippen LogP contribution is 2.13. The molecule has 2 amide bonds. The van der Waals surface area contributed by atoms with Crippen LogP contribution in [-0.2, 0) is 16.0 Å². The van der Waals surface area contributed by atoms with Crippen LogP contribution in [0.1, 0.15) is 30.9 Å². The minimum absolute atomic E-state index is 0.508. The number of carbonyl (C=O) groups excluding carboxylic acids is 2. The summed E-state index contributed by atoms with van der Waals surface area (Å²) < 4.78 is 0. The maximum Gasteiger partial charge on any atom is 0.329 e. The van der Waals surface area contributed by atoms with Gasteiger partial charge in [0.2, 0.25) is 0 Å². The summed E-state index contributed by atoms with van der Waals surface area (Å²) in [6.45, 7) is 2.14. The van der Waals surface area contributed by atoms with Crippen molar-refractivity contribution < 1.29 is 9.59 Å². The lowest BCUT2D eigenvalue weighted by Crippen LogP contribution is -2.32. The first kappa shape index (κ1) is 18.7. The summed E-state index contributed by atoms with van der Waals surface area (Å²) in [6.07, 6.45) is 4.64. The number of carbonyl (C=O) groups is 2. The molecule has 5 nitrogen and oxygen atoms in total. The second-order valence-corrected chi connectivity index (χ2v) is 5.88. The number of halogens is 1. The SMILES string of the molecule is CCCCc1ccc(NC(=O)C(=O)N/N=C\c2ccccc2Cl)cc1. The Balaban J connectivity index is 1.85. The topological polar surface area (TPSA) is 70.6 Å². The summed E-state index contributed by atoms with van der Waals surface area (Å²) in [6, 6.07) is 14.5. The molecule has 0 bridgehead atoms. The molecule has 0 aliphatic rings. The molecule has 0 unspecified atom stereocenters. The average Bonchev–Trinajstić information content (AvgIpc) is 2.62. The zero-order valence-corrected chi connectivity index (χ0v) is 14.7. The number of aryl methyl sites for hydroxylation is 1. The molecule has 0 aliphatic carbocycles. The lowest BCUT2D eigenvalue weighted by Gasteiger charge is -2.05. The largest absolute Gasteiger partial charge is 0.329 e. The van der Waals surface area contributed by atoms with Crippen LogP contribution in [0.2, 0.25) is 5.02 Å². The van der Waals surface area contributed by atoms with Crippen LogP contribution < -0.4 is 10.7 Å². The second-order valence-electron chi connectivity index (χ2n) is 5.48. The normalized spacial score (nSPS) is 10.6. The molecule has 2 rings (SSSR count). The lowest BCUT2D eigenvalue weighted by molar-refractivity contribution is -0.136. The van der Waals surface area contributed by atoms with Crippen LogP contribution in [0.4, 0.5) is 5.69 Å². The molecular weight excluding hydrogens is 338 g/mol. The van der Waals surface area contributed by atoms with E-state index >= 15 is 0 Å². The van der Waals surface area contributed by atoms with Crippen LogP contribution in [0.3, 0.4) is 0 Å². The first-order valence-corrected chi connectivity index (χ1v) is 8.46. The molecule has 2 N–H and O–H groups in total. The van der Waals surface area contributed by atoms with Gasteiger partial charge < -0.3 is 5.32 Å². The van der Waals surface area contributed by atoms with Crippen LogP contribution in [0.5, 0.6) is 0 Å². The predicted molar refractivity (Wildman–Crippen MR) is 101 cm³/mol. The van der Waals surface area contributed by atoms with E-state index in [1.165, 1.54) is 11.8 Å². The van der Waals surface area contributed by atoms with E-state index in [1.807, 2.05) is 12.1 Å². The Morgan fingerprint density at radius 3 is 2.48 bits per heavy atom. The van der Waals surface area contributed by atoms with Crippen molar-refractivity contribution in [3.05, 3.63) is 64.7 Å². The van der Waals surface area contributed by atoms with Gasteiger partial charge in [-0.05, 0) is 36.6 Å². The number of amides is 2. The van der Waals surface area contributed by atoms with E-state index in [1.54, 1.807) is 36.4 Å². The van der Waals surface area contributed by atoms with Gasteiger partial charge in [-0.25, -0.2) is 5.43 Å². The molecule has 2 aromatic rings. The lowest BCUT2D eigenvalue weighted by atomic mass is 10.1. The average molecular weight is 358 g/mol. The Hall–Kier alpha value is -2.66. The van der Waals surface area contributed by atoms with Crippen molar-refractivity contribution >= 4 is 35.3 Å². The minimum Gasteiger partial charge on any atom is -0.318 e. The molecule has 0 fully saturated rings. The Kier molecular flexibility index (Phi) is 7.16. The summed E-state index contributed by atoms with van der Waals surface area (Å²) in [7, 11) is 0. The van der Waals surface area contributed by atoms with E-state index in [0.29, 0.717) is 16.3 Å². The number of anilines is 1. The molecule has 2 aromatic carbocycles. The van der Waals surface area contributed by atoms with Crippen LogP contribution >= 0.6 is 11.6 Å². The number of unbranched alkanes of at least 4 members (excludes halogenated alkanes) is 1. The number of nitrogens with one attached hydrogen (secondary N) is 2. The second kappa shape index (κ2) is 9.59. The van der Waals surface area contributed by atoms with Gasteiger partial charge in [0, 0.05) is 16.3 Å². The van der Waals surface area contributed by atoms with Crippen molar-refractivity contribution in [3.63, 3.8) is 0 Å². The minimum atomic E-state index is -0.849. The monoisotopic (exact) mass is 357 g/mol. The van der Waals surface area contributed by atoms with Crippen LogP contribution in [-0.4, -0.2) is 18.0 Å². The number of benzene rings is 2. The van der Waals surface area contributed by atoms with Crippen molar-refractivity contribution in [3.8, 4) is 0 Å². The molecule has 0 heterocycles. The van der Waals surface area contributed by atoms with Crippen molar-refractivity contribution in [2.75, 3.05) is 5.32 Å². The molecule has 0 saturated heterocycles. The first-order chi connectivity index (χ1) is 12.1. The summed E-state index contributed by atoms with van der Waals surface area (Å²) in [4.78, 5) is 23.6. The molecule has 6 heteroatoms. The van der Waals surface area contributed by atoms with Gasteiger partial charge in [0.1, 0.15) is 0 Å². The van der Waals surface area contributed by atoms with Gasteiger partial charge in [-0.15, -0.1) is 0 Å². The third kappa shape index (κ3) is 6.04. The number of nitrogens with zero attached hydrogens (tertiary/aromatic N) is 1. The van der Waals surface area contributed by atoms with Crippen molar-refractivity contribution in [2.45, 2.75) is 26.2 Å². The van der Waals surface area contributed by atoms with Gasteiger partial charge >= 0.3 is 11.8 Å². The van der Waals surface area contributed by atoms with E-state index in [0.717, 1.165) is 19.3 Å². The van der Waals surface area contributed by atoms with Crippen molar-refractivity contribution in [1.82, 2.24) is 5.43 Å². The fraction of sp³-hybridized carbons (Fsp3) is 0.211. The number of rotatable bonds is 6. The maximum atomic E-state index is 11.9. The van der Waals surface area contributed by atoms with Gasteiger partial charge in [0.05, 0.1) is 6.21 Å². The number of hydrogen-bond acceptors (Lipinski definition) is 3. The van der Waals surface area contributed by atoms with Gasteiger partial charge in [-0.2, -0.15) is 5.10 Å². The molecule has 0 aromatic heterocycles. The van der Waals surface area contributed by atoms with E-state index in [4.69, 9.17) is 11.6 Å². The standard InChI is InChI=1S/C19H20ClN3O2/c1-2-3-6-14-9-11-16(12-10-14)22-18(24)19(25)23-21-13-15-7-4-5-8-17(15)20/h4-5,7-13H,2-3,6H2,1H3,(H,22,24)(H,23,25)/b21-13-. The highest BCUT2D eigenvalue weighted by Gasteiger charge is 2.12. The summed E-state index contributed by atoms with van der Waals surface area (Å²) in [5.74, 6) is -1.63. The highest BCUT2D eigenvalue weighted by molar-refractivity contribution is 6.39. The van der Waals surface area contributed by atoms with Crippen LogP contribution in [0.25, 0.3) is 0 Å². The quantitative estimate of drug-likeness (QED) is 0.469.